The first-order valence-corrected chi connectivity index (χ1v) is 10.8. The molecule has 0 atom stereocenters. The van der Waals surface area contributed by atoms with E-state index in [0.29, 0.717) is 33.1 Å². The maximum atomic E-state index is 12.8. The number of esters is 1. The van der Waals surface area contributed by atoms with E-state index in [1.54, 1.807) is 59.2 Å². The number of hydrogen-bond acceptors (Lipinski definition) is 6. The van der Waals surface area contributed by atoms with E-state index in [-0.39, 0.29) is 23.6 Å². The Morgan fingerprint density at radius 2 is 1.54 bits per heavy atom. The zero-order chi connectivity index (χ0) is 24.2. The van der Waals surface area contributed by atoms with Gasteiger partial charge in [0, 0.05) is 10.8 Å². The number of furan rings is 1. The Hall–Kier alpha value is -4.98. The summed E-state index contributed by atoms with van der Waals surface area (Å²) < 4.78 is 12.0. The standard InChI is InChI=1S/C27H19N3O5/c31-25(17-30-22-8-3-1-6-20(22)26(32)21-7-2-4-9-23(21)30)29-28-16-18-11-13-19(14-12-18)35-27(33)24-10-5-15-34-24/h1-16H,17H2,(H,29,31)/b28-16-. The van der Waals surface area contributed by atoms with Crippen molar-refractivity contribution in [3.05, 3.63) is 113 Å². The molecule has 0 saturated heterocycles. The Labute approximate surface area is 199 Å². The zero-order valence-electron chi connectivity index (χ0n) is 18.4. The van der Waals surface area contributed by atoms with Crippen LogP contribution in [0.3, 0.4) is 0 Å². The Morgan fingerprint density at radius 1 is 0.886 bits per heavy atom. The summed E-state index contributed by atoms with van der Waals surface area (Å²) in [5.74, 6) is -0.471. The molecule has 8 heteroatoms. The van der Waals surface area contributed by atoms with Crippen molar-refractivity contribution in [2.45, 2.75) is 6.54 Å². The Morgan fingerprint density at radius 3 is 2.17 bits per heavy atom. The summed E-state index contributed by atoms with van der Waals surface area (Å²) in [6, 6.07) is 24.2. The molecule has 0 unspecified atom stereocenters. The summed E-state index contributed by atoms with van der Waals surface area (Å²) in [6.45, 7) is -0.0136. The molecule has 0 bridgehead atoms. The molecule has 5 aromatic rings. The molecule has 1 N–H and O–H groups in total. The number of pyridine rings is 1. The number of carbonyl (C=O) groups is 2. The van der Waals surface area contributed by atoms with Gasteiger partial charge in [-0.15, -0.1) is 0 Å². The summed E-state index contributed by atoms with van der Waals surface area (Å²) in [5.41, 5.74) is 4.51. The Balaban J connectivity index is 1.28. The van der Waals surface area contributed by atoms with Crippen molar-refractivity contribution in [2.24, 2.45) is 5.10 Å². The topological polar surface area (TPSA) is 103 Å². The van der Waals surface area contributed by atoms with Gasteiger partial charge >= 0.3 is 5.97 Å². The fourth-order valence-corrected chi connectivity index (χ4v) is 3.78. The number of nitrogens with one attached hydrogen (secondary N) is 1. The molecular weight excluding hydrogens is 446 g/mol. The average Bonchev–Trinajstić information content (AvgIpc) is 3.43. The highest BCUT2D eigenvalue weighted by molar-refractivity contribution is 5.95. The second kappa shape index (κ2) is 9.48. The molecule has 1 amide bonds. The van der Waals surface area contributed by atoms with E-state index in [1.807, 2.05) is 24.3 Å². The van der Waals surface area contributed by atoms with Crippen LogP contribution in [0.1, 0.15) is 16.1 Å². The second-order valence-electron chi connectivity index (χ2n) is 7.68. The van der Waals surface area contributed by atoms with Crippen molar-refractivity contribution in [1.29, 1.82) is 0 Å². The van der Waals surface area contributed by atoms with Crippen molar-refractivity contribution in [1.82, 2.24) is 9.99 Å². The SMILES string of the molecule is O=C(Cn1c2ccccc2c(=O)c2ccccc21)N/N=C\c1ccc(OC(=O)c2ccco2)cc1. The lowest BCUT2D eigenvalue weighted by molar-refractivity contribution is -0.121. The van der Waals surface area contributed by atoms with Crippen LogP contribution in [0.2, 0.25) is 0 Å². The highest BCUT2D eigenvalue weighted by Gasteiger charge is 2.13. The lowest BCUT2D eigenvalue weighted by atomic mass is 10.1. The number of nitrogens with zero attached hydrogens (tertiary/aromatic N) is 2. The average molecular weight is 465 g/mol. The van der Waals surface area contributed by atoms with Gasteiger partial charge in [-0.05, 0) is 66.2 Å². The van der Waals surface area contributed by atoms with Gasteiger partial charge in [-0.1, -0.05) is 24.3 Å². The van der Waals surface area contributed by atoms with Gasteiger partial charge in [0.2, 0.25) is 5.76 Å². The molecule has 172 valence electrons. The maximum absolute atomic E-state index is 12.8. The molecule has 0 aliphatic carbocycles. The molecule has 5 rings (SSSR count). The molecular formula is C27H19N3O5. The number of para-hydroxylation sites is 2. The highest BCUT2D eigenvalue weighted by Crippen LogP contribution is 2.19. The normalized spacial score (nSPS) is 11.2. The number of fused-ring (bicyclic) bond motifs is 2. The molecule has 3 aromatic carbocycles. The van der Waals surface area contributed by atoms with E-state index in [2.05, 4.69) is 10.5 Å². The van der Waals surface area contributed by atoms with Crippen LogP contribution in [0, 0.1) is 0 Å². The van der Waals surface area contributed by atoms with Gasteiger partial charge in [-0.25, -0.2) is 10.2 Å². The predicted molar refractivity (Wildman–Crippen MR) is 132 cm³/mol. The number of aromatic nitrogens is 1. The van der Waals surface area contributed by atoms with Crippen LogP contribution >= 0.6 is 0 Å². The van der Waals surface area contributed by atoms with Crippen molar-refractivity contribution in [3.63, 3.8) is 0 Å². The first-order valence-electron chi connectivity index (χ1n) is 10.8. The van der Waals surface area contributed by atoms with E-state index in [0.717, 1.165) is 0 Å². The summed E-state index contributed by atoms with van der Waals surface area (Å²) >= 11 is 0. The van der Waals surface area contributed by atoms with Crippen LogP contribution < -0.4 is 15.6 Å². The summed E-state index contributed by atoms with van der Waals surface area (Å²) in [4.78, 5) is 37.4. The first kappa shape index (κ1) is 21.8. The van der Waals surface area contributed by atoms with Gasteiger partial charge in [0.05, 0.1) is 23.5 Å². The van der Waals surface area contributed by atoms with E-state index in [1.165, 1.54) is 18.5 Å². The highest BCUT2D eigenvalue weighted by atomic mass is 16.5. The monoisotopic (exact) mass is 465 g/mol. The molecule has 0 radical (unpaired) electrons. The first-order chi connectivity index (χ1) is 17.1. The Kier molecular flexibility index (Phi) is 5.92. The fraction of sp³-hybridized carbons (Fsp3) is 0.0370. The van der Waals surface area contributed by atoms with Crippen LogP contribution in [-0.4, -0.2) is 22.7 Å². The number of rotatable bonds is 6. The molecule has 0 saturated carbocycles. The van der Waals surface area contributed by atoms with Gasteiger partial charge in [0.15, 0.2) is 5.43 Å². The predicted octanol–water partition coefficient (Wildman–Crippen LogP) is 4.12. The van der Waals surface area contributed by atoms with Crippen molar-refractivity contribution in [3.8, 4) is 5.75 Å². The van der Waals surface area contributed by atoms with Crippen molar-refractivity contribution >= 4 is 39.9 Å². The molecule has 35 heavy (non-hydrogen) atoms. The molecule has 0 aliphatic rings. The van der Waals surface area contributed by atoms with Crippen LogP contribution in [0.5, 0.6) is 5.75 Å². The third-order valence-corrected chi connectivity index (χ3v) is 5.40. The number of ether oxygens (including phenoxy) is 1. The van der Waals surface area contributed by atoms with Gasteiger partial charge in [0.1, 0.15) is 12.3 Å². The molecule has 2 aromatic heterocycles. The van der Waals surface area contributed by atoms with E-state index < -0.39 is 5.97 Å². The van der Waals surface area contributed by atoms with Gasteiger partial charge in [-0.3, -0.25) is 9.59 Å². The summed E-state index contributed by atoms with van der Waals surface area (Å²) in [5, 5.41) is 5.13. The minimum absolute atomic E-state index is 0.0136. The maximum Gasteiger partial charge on any atom is 0.379 e. The lowest BCUT2D eigenvalue weighted by Crippen LogP contribution is -2.25. The van der Waals surface area contributed by atoms with E-state index >= 15 is 0 Å². The number of hydrazone groups is 1. The lowest BCUT2D eigenvalue weighted by Gasteiger charge is -2.14. The van der Waals surface area contributed by atoms with Gasteiger partial charge in [0.25, 0.3) is 5.91 Å². The molecule has 0 aliphatic heterocycles. The molecule has 2 heterocycles. The van der Waals surface area contributed by atoms with Gasteiger partial charge < -0.3 is 13.7 Å². The fourth-order valence-electron chi connectivity index (χ4n) is 3.78. The minimum Gasteiger partial charge on any atom is -0.457 e. The van der Waals surface area contributed by atoms with Crippen LogP contribution in [0.15, 0.2) is 106 Å². The zero-order valence-corrected chi connectivity index (χ0v) is 18.4. The number of amides is 1. The number of hydrogen-bond donors (Lipinski definition) is 1. The number of carbonyl (C=O) groups excluding carboxylic acids is 2. The summed E-state index contributed by atoms with van der Waals surface area (Å²) in [7, 11) is 0. The van der Waals surface area contributed by atoms with Crippen LogP contribution in [-0.2, 0) is 11.3 Å². The molecule has 8 nitrogen and oxygen atoms in total. The van der Waals surface area contributed by atoms with Crippen molar-refractivity contribution in [2.75, 3.05) is 0 Å². The Bertz CT molecular complexity index is 1560. The van der Waals surface area contributed by atoms with E-state index in [9.17, 15) is 14.4 Å². The summed E-state index contributed by atoms with van der Waals surface area (Å²) in [6.07, 6.45) is 2.88. The van der Waals surface area contributed by atoms with Crippen molar-refractivity contribution < 1.29 is 18.7 Å². The minimum atomic E-state index is -0.591. The number of benzene rings is 3. The third-order valence-electron chi connectivity index (χ3n) is 5.40. The quantitative estimate of drug-likeness (QED) is 0.134. The van der Waals surface area contributed by atoms with Crippen LogP contribution in [0.4, 0.5) is 0 Å². The smallest absolute Gasteiger partial charge is 0.379 e. The van der Waals surface area contributed by atoms with Gasteiger partial charge in [-0.2, -0.15) is 5.10 Å². The molecule has 0 fully saturated rings. The third kappa shape index (κ3) is 4.58. The second-order valence-corrected chi connectivity index (χ2v) is 7.68. The largest absolute Gasteiger partial charge is 0.457 e. The molecule has 0 spiro atoms. The van der Waals surface area contributed by atoms with Crippen LogP contribution in [0.25, 0.3) is 21.8 Å². The van der Waals surface area contributed by atoms with E-state index in [4.69, 9.17) is 9.15 Å².